The molecule has 1 aromatic carbocycles. The molecule has 1 saturated carbocycles. The van der Waals surface area contributed by atoms with Crippen molar-refractivity contribution in [2.24, 2.45) is 5.92 Å². The molecule has 0 radical (unpaired) electrons. The Kier molecular flexibility index (Phi) is 4.59. The van der Waals surface area contributed by atoms with Gasteiger partial charge in [-0.3, -0.25) is 0 Å². The Bertz CT molecular complexity index is 386. The first kappa shape index (κ1) is 13.3. The SMILES string of the molecule is COc1ccc(CCC(O)C2CCCC2)c(F)c1. The number of rotatable bonds is 5. The zero-order valence-corrected chi connectivity index (χ0v) is 10.9. The van der Waals surface area contributed by atoms with Crippen LogP contribution in [0.5, 0.6) is 5.75 Å². The fraction of sp³-hybridized carbons (Fsp3) is 0.600. The number of halogens is 1. The zero-order valence-electron chi connectivity index (χ0n) is 10.9. The van der Waals surface area contributed by atoms with Gasteiger partial charge in [-0.05, 0) is 43.2 Å². The third-order valence-corrected chi connectivity index (χ3v) is 3.91. The minimum atomic E-state index is -0.283. The van der Waals surface area contributed by atoms with Crippen molar-refractivity contribution in [2.75, 3.05) is 7.11 Å². The molecule has 18 heavy (non-hydrogen) atoms. The van der Waals surface area contributed by atoms with E-state index >= 15 is 0 Å². The van der Waals surface area contributed by atoms with Gasteiger partial charge in [0.05, 0.1) is 13.2 Å². The maximum absolute atomic E-state index is 13.7. The number of hydrogen-bond donors (Lipinski definition) is 1. The first-order valence-electron chi connectivity index (χ1n) is 6.71. The van der Waals surface area contributed by atoms with E-state index < -0.39 is 0 Å². The molecule has 1 N–H and O–H groups in total. The quantitative estimate of drug-likeness (QED) is 0.871. The second kappa shape index (κ2) is 6.19. The van der Waals surface area contributed by atoms with E-state index in [1.54, 1.807) is 12.1 Å². The van der Waals surface area contributed by atoms with Gasteiger partial charge in [-0.2, -0.15) is 0 Å². The van der Waals surface area contributed by atoms with Crippen molar-refractivity contribution in [1.29, 1.82) is 0 Å². The molecule has 1 fully saturated rings. The molecule has 0 aromatic heterocycles. The van der Waals surface area contributed by atoms with Crippen molar-refractivity contribution >= 4 is 0 Å². The molecule has 1 atom stereocenters. The topological polar surface area (TPSA) is 29.5 Å². The van der Waals surface area contributed by atoms with Crippen molar-refractivity contribution in [3.8, 4) is 5.75 Å². The van der Waals surface area contributed by atoms with Crippen LogP contribution in [0.25, 0.3) is 0 Å². The number of aliphatic hydroxyl groups excluding tert-OH is 1. The van der Waals surface area contributed by atoms with Crippen LogP contribution in [-0.2, 0) is 6.42 Å². The zero-order chi connectivity index (χ0) is 13.0. The second-order valence-corrected chi connectivity index (χ2v) is 5.11. The van der Waals surface area contributed by atoms with Gasteiger partial charge >= 0.3 is 0 Å². The second-order valence-electron chi connectivity index (χ2n) is 5.11. The van der Waals surface area contributed by atoms with Crippen LogP contribution < -0.4 is 4.74 Å². The molecular weight excluding hydrogens is 231 g/mol. The standard InChI is InChI=1S/C15H21FO2/c1-18-13-8-6-11(14(16)10-13)7-9-15(17)12-4-2-3-5-12/h6,8,10,12,15,17H,2-5,7,9H2,1H3. The lowest BCUT2D eigenvalue weighted by atomic mass is 9.95. The minimum Gasteiger partial charge on any atom is -0.497 e. The summed E-state index contributed by atoms with van der Waals surface area (Å²) >= 11 is 0. The van der Waals surface area contributed by atoms with Crippen LogP contribution in [0.3, 0.4) is 0 Å². The number of methoxy groups -OCH3 is 1. The van der Waals surface area contributed by atoms with Crippen LogP contribution in [-0.4, -0.2) is 18.3 Å². The Balaban J connectivity index is 1.89. The van der Waals surface area contributed by atoms with Gasteiger partial charge in [0.2, 0.25) is 0 Å². The van der Waals surface area contributed by atoms with Gasteiger partial charge in [0.15, 0.2) is 0 Å². The number of aryl methyl sites for hydroxylation is 1. The lowest BCUT2D eigenvalue weighted by Gasteiger charge is -2.17. The Morgan fingerprint density at radius 3 is 2.72 bits per heavy atom. The van der Waals surface area contributed by atoms with E-state index in [0.717, 1.165) is 12.8 Å². The predicted molar refractivity (Wildman–Crippen MR) is 69.2 cm³/mol. The summed E-state index contributed by atoms with van der Waals surface area (Å²) in [5.74, 6) is 0.715. The summed E-state index contributed by atoms with van der Waals surface area (Å²) in [5, 5.41) is 10.1. The van der Waals surface area contributed by atoms with Gasteiger partial charge in [-0.1, -0.05) is 18.9 Å². The normalized spacial score (nSPS) is 17.9. The van der Waals surface area contributed by atoms with Crippen LogP contribution in [0.4, 0.5) is 4.39 Å². The lowest BCUT2D eigenvalue weighted by molar-refractivity contribution is 0.102. The molecule has 0 aliphatic heterocycles. The highest BCUT2D eigenvalue weighted by Crippen LogP contribution is 2.29. The molecule has 1 aliphatic rings. The molecule has 0 bridgehead atoms. The van der Waals surface area contributed by atoms with E-state index in [-0.39, 0.29) is 11.9 Å². The minimum absolute atomic E-state index is 0.243. The number of benzene rings is 1. The Labute approximate surface area is 108 Å². The third kappa shape index (κ3) is 3.22. The fourth-order valence-electron chi connectivity index (χ4n) is 2.74. The van der Waals surface area contributed by atoms with Crippen LogP contribution in [0.2, 0.25) is 0 Å². The highest BCUT2D eigenvalue weighted by Gasteiger charge is 2.23. The Hall–Kier alpha value is -1.09. The molecule has 100 valence electrons. The molecule has 0 amide bonds. The number of ether oxygens (including phenoxy) is 1. The van der Waals surface area contributed by atoms with Gasteiger partial charge in [0, 0.05) is 6.07 Å². The summed E-state index contributed by atoms with van der Waals surface area (Å²) < 4.78 is 18.7. The van der Waals surface area contributed by atoms with E-state index in [9.17, 15) is 9.50 Å². The van der Waals surface area contributed by atoms with E-state index in [1.165, 1.54) is 26.0 Å². The molecular formula is C15H21FO2. The molecule has 0 spiro atoms. The van der Waals surface area contributed by atoms with Crippen LogP contribution in [0, 0.1) is 11.7 Å². The summed E-state index contributed by atoms with van der Waals surface area (Å²) in [6.45, 7) is 0. The summed E-state index contributed by atoms with van der Waals surface area (Å²) in [4.78, 5) is 0. The largest absolute Gasteiger partial charge is 0.497 e. The summed E-state index contributed by atoms with van der Waals surface area (Å²) in [7, 11) is 1.53. The summed E-state index contributed by atoms with van der Waals surface area (Å²) in [6, 6.07) is 4.91. The number of aliphatic hydroxyl groups is 1. The van der Waals surface area contributed by atoms with Crippen molar-refractivity contribution in [2.45, 2.75) is 44.6 Å². The van der Waals surface area contributed by atoms with Crippen molar-refractivity contribution in [3.63, 3.8) is 0 Å². The highest BCUT2D eigenvalue weighted by atomic mass is 19.1. The smallest absolute Gasteiger partial charge is 0.130 e. The van der Waals surface area contributed by atoms with Crippen LogP contribution in [0.1, 0.15) is 37.7 Å². The van der Waals surface area contributed by atoms with E-state index in [4.69, 9.17) is 4.74 Å². The van der Waals surface area contributed by atoms with Gasteiger partial charge in [0.25, 0.3) is 0 Å². The lowest BCUT2D eigenvalue weighted by Crippen LogP contribution is -2.18. The molecule has 0 saturated heterocycles. The first-order chi connectivity index (χ1) is 8.70. The molecule has 3 heteroatoms. The van der Waals surface area contributed by atoms with Gasteiger partial charge in [0.1, 0.15) is 11.6 Å². The van der Waals surface area contributed by atoms with E-state index in [2.05, 4.69) is 0 Å². The Morgan fingerprint density at radius 2 is 2.11 bits per heavy atom. The third-order valence-electron chi connectivity index (χ3n) is 3.91. The van der Waals surface area contributed by atoms with Crippen molar-refractivity contribution in [3.05, 3.63) is 29.6 Å². The molecule has 0 heterocycles. The summed E-state index contributed by atoms with van der Waals surface area (Å²) in [5.41, 5.74) is 0.660. The molecule has 1 aliphatic carbocycles. The van der Waals surface area contributed by atoms with Crippen LogP contribution >= 0.6 is 0 Å². The van der Waals surface area contributed by atoms with Gasteiger partial charge in [-0.15, -0.1) is 0 Å². The average Bonchev–Trinajstić information content (AvgIpc) is 2.90. The molecule has 2 nitrogen and oxygen atoms in total. The number of hydrogen-bond acceptors (Lipinski definition) is 2. The van der Waals surface area contributed by atoms with E-state index in [0.29, 0.717) is 30.1 Å². The monoisotopic (exact) mass is 252 g/mol. The molecule has 1 unspecified atom stereocenters. The van der Waals surface area contributed by atoms with Gasteiger partial charge in [-0.25, -0.2) is 4.39 Å². The predicted octanol–water partition coefficient (Wildman–Crippen LogP) is 3.32. The maximum Gasteiger partial charge on any atom is 0.130 e. The van der Waals surface area contributed by atoms with E-state index in [1.807, 2.05) is 0 Å². The van der Waals surface area contributed by atoms with Crippen LogP contribution in [0.15, 0.2) is 18.2 Å². The first-order valence-corrected chi connectivity index (χ1v) is 6.71. The van der Waals surface area contributed by atoms with Crippen molar-refractivity contribution in [1.82, 2.24) is 0 Å². The highest BCUT2D eigenvalue weighted by molar-refractivity contribution is 5.28. The molecule has 2 rings (SSSR count). The Morgan fingerprint density at radius 1 is 1.39 bits per heavy atom. The van der Waals surface area contributed by atoms with Gasteiger partial charge < -0.3 is 9.84 Å². The average molecular weight is 252 g/mol. The summed E-state index contributed by atoms with van der Waals surface area (Å²) in [6.07, 6.45) is 5.63. The molecule has 1 aromatic rings. The fourth-order valence-corrected chi connectivity index (χ4v) is 2.74. The van der Waals surface area contributed by atoms with Crippen molar-refractivity contribution < 1.29 is 14.2 Å². The maximum atomic E-state index is 13.7.